The van der Waals surface area contributed by atoms with Crippen LogP contribution in [0.3, 0.4) is 0 Å². The smallest absolute Gasteiger partial charge is 0.413 e. The average molecular weight is 1300 g/mol. The summed E-state index contributed by atoms with van der Waals surface area (Å²) >= 11 is 0. The van der Waals surface area contributed by atoms with Crippen molar-refractivity contribution >= 4 is 69.5 Å². The number of cyclic esters (lactones) is 2. The van der Waals surface area contributed by atoms with E-state index in [0.717, 1.165) is 49.9 Å². The highest BCUT2D eigenvalue weighted by Crippen LogP contribution is 2.48. The molecule has 3 aromatic heterocycles. The lowest BCUT2D eigenvalue weighted by molar-refractivity contribution is -0.172. The van der Waals surface area contributed by atoms with Gasteiger partial charge in [0.05, 0.1) is 62.5 Å². The number of aryl methyl sites for hydroxylation is 1. The SMILES string of the molecule is CC[C@]1(OC(=O)NCCCC[C@H](NC(=O)CCCc2ccc(N(CCO)CCO)cc2)C(=O)NCCCC[C@H](NC(=O)Oc2c(OC)cc([C@H]3c4[nH]c5ccccc5c4CC4COC(=O)N43)cc2OC)C(=O)O)C(=O)OCc2c1cc1n(c2=O)Cc2cc3ccccc3nc2-1. The molecule has 26 heteroatoms. The number of unbranched alkanes of at least 4 members (excludes halogenated alkanes) is 2. The number of fused-ring (bicyclic) bond motifs is 9. The molecule has 0 aliphatic carbocycles. The molecular weight excluding hydrogens is 1230 g/mol. The van der Waals surface area contributed by atoms with Gasteiger partial charge in [0.1, 0.15) is 31.3 Å². The number of nitrogens with zero attached hydrogens (tertiary/aromatic N) is 4. The maximum Gasteiger partial charge on any atom is 0.413 e. The monoisotopic (exact) mass is 1300 g/mol. The largest absolute Gasteiger partial charge is 0.493 e. The third-order valence-electron chi connectivity index (χ3n) is 18.0. The number of pyridine rings is 2. The van der Waals surface area contributed by atoms with Crippen molar-refractivity contribution < 1.29 is 77.3 Å². The van der Waals surface area contributed by atoms with Crippen molar-refractivity contribution in [1.82, 2.24) is 40.7 Å². The second-order valence-corrected chi connectivity index (χ2v) is 23.9. The van der Waals surface area contributed by atoms with Crippen LogP contribution in [0.5, 0.6) is 17.2 Å². The summed E-state index contributed by atoms with van der Waals surface area (Å²) in [6.07, 6.45) is 0.301. The van der Waals surface area contributed by atoms with Crippen LogP contribution in [-0.2, 0) is 65.0 Å². The number of methoxy groups -OCH3 is 2. The molecule has 11 rings (SSSR count). The van der Waals surface area contributed by atoms with Crippen LogP contribution in [-0.4, -0.2) is 155 Å². The Labute approximate surface area is 546 Å². The number of aromatic nitrogens is 3. The van der Waals surface area contributed by atoms with E-state index in [9.17, 15) is 53.7 Å². The first-order valence-electron chi connectivity index (χ1n) is 32.0. The number of hydrogen-bond acceptors (Lipinski definition) is 18. The van der Waals surface area contributed by atoms with Crippen LogP contribution >= 0.6 is 0 Å². The zero-order chi connectivity index (χ0) is 66.9. The van der Waals surface area contributed by atoms with Gasteiger partial charge in [0.15, 0.2) is 11.5 Å². The van der Waals surface area contributed by atoms with Crippen LogP contribution < -0.4 is 45.9 Å². The van der Waals surface area contributed by atoms with E-state index in [1.807, 2.05) is 83.8 Å². The number of carboxylic acids is 1. The highest BCUT2D eigenvalue weighted by Gasteiger charge is 2.51. The zero-order valence-electron chi connectivity index (χ0n) is 53.0. The highest BCUT2D eigenvalue weighted by molar-refractivity contribution is 5.90. The number of aliphatic hydroxyl groups is 2. The number of aliphatic hydroxyl groups excluding tert-OH is 2. The molecule has 4 aromatic carbocycles. The predicted octanol–water partition coefficient (Wildman–Crippen LogP) is 6.78. The second kappa shape index (κ2) is 29.4. The van der Waals surface area contributed by atoms with Crippen molar-refractivity contribution in [2.24, 2.45) is 0 Å². The van der Waals surface area contributed by atoms with Gasteiger partial charge >= 0.3 is 30.2 Å². The molecule has 5 amide bonds. The van der Waals surface area contributed by atoms with Gasteiger partial charge in [0, 0.05) is 71.4 Å². The van der Waals surface area contributed by atoms with E-state index in [-0.39, 0.29) is 130 Å². The van der Waals surface area contributed by atoms with Crippen LogP contribution in [0.2, 0.25) is 0 Å². The first-order valence-corrected chi connectivity index (χ1v) is 32.0. The number of anilines is 1. The quantitative estimate of drug-likeness (QED) is 0.0136. The van der Waals surface area contributed by atoms with Gasteiger partial charge in [-0.2, -0.15) is 0 Å². The lowest BCUT2D eigenvalue weighted by Crippen LogP contribution is -2.49. The Hall–Kier alpha value is -10.2. The van der Waals surface area contributed by atoms with Crippen molar-refractivity contribution in [3.8, 4) is 28.6 Å². The number of ether oxygens (including phenoxy) is 6. The standard InChI is InChI=1S/C69H77N9O17/c1-4-69(49-36-54-58-43(32-41-15-5-7-17-50(41)73-58)37-77(54)63(83)48(49)39-92-65(69)86)95-66(87)71-27-12-9-19-52(72-57(81)21-13-14-40-22-24-44(25-23-40)76(28-30-79)29-31-80)62(82)70-26-11-10-20-53(64(84)85)75-67(88)94-61-55(90-2)33-42(34-56(61)91-3)60-59-47(35-45-38-93-68(89)78(45)60)46-16-6-8-18-51(46)74-59/h5-8,15-18,22-25,32-34,36,45,52-53,60,74,79-80H,4,9-14,19-21,26-31,35,37-39H2,1-3H3,(H,70,82)(H,71,87)(H,72,81)(H,75,88)(H,84,85)/t45?,52-,53-,60-,69+/m0/s1. The van der Waals surface area contributed by atoms with Crippen molar-refractivity contribution in [3.63, 3.8) is 0 Å². The number of carbonyl (C=O) groups excluding carboxylic acids is 6. The summed E-state index contributed by atoms with van der Waals surface area (Å²) < 4.78 is 35.7. The number of aliphatic carboxylic acids is 1. The van der Waals surface area contributed by atoms with Crippen LogP contribution in [0.4, 0.5) is 20.1 Å². The number of para-hydroxylation sites is 2. The Bertz CT molecular complexity index is 4080. The Morgan fingerprint density at radius 2 is 1.51 bits per heavy atom. The molecule has 4 aliphatic heterocycles. The van der Waals surface area contributed by atoms with E-state index in [1.54, 1.807) is 34.6 Å². The first-order chi connectivity index (χ1) is 46.1. The predicted molar refractivity (Wildman–Crippen MR) is 346 cm³/mol. The van der Waals surface area contributed by atoms with Gasteiger partial charge < -0.3 is 79.5 Å². The summed E-state index contributed by atoms with van der Waals surface area (Å²) in [6, 6.07) is 26.6. The van der Waals surface area contributed by atoms with Crippen LogP contribution in [0, 0.1) is 0 Å². The lowest BCUT2D eigenvalue weighted by Gasteiger charge is -2.36. The molecule has 1 fully saturated rings. The van der Waals surface area contributed by atoms with Gasteiger partial charge in [-0.15, -0.1) is 0 Å². The molecule has 500 valence electrons. The molecule has 0 bridgehead atoms. The lowest BCUT2D eigenvalue weighted by atomic mass is 9.85. The normalized spacial score (nSPS) is 17.2. The number of carboxylic acid groups (broad SMARTS) is 1. The highest BCUT2D eigenvalue weighted by atomic mass is 16.6. The van der Waals surface area contributed by atoms with E-state index in [2.05, 4.69) is 26.3 Å². The van der Waals surface area contributed by atoms with E-state index >= 15 is 0 Å². The number of H-pyrrole nitrogens is 1. The molecule has 0 radical (unpaired) electrons. The summed E-state index contributed by atoms with van der Waals surface area (Å²) in [6.45, 7) is 2.52. The van der Waals surface area contributed by atoms with Gasteiger partial charge in [-0.1, -0.05) is 55.5 Å². The number of hydrogen-bond donors (Lipinski definition) is 8. The molecular formula is C69H77N9O17. The Morgan fingerprint density at radius 3 is 2.22 bits per heavy atom. The Balaban J connectivity index is 0.696. The van der Waals surface area contributed by atoms with Crippen molar-refractivity contribution in [2.75, 3.05) is 65.1 Å². The van der Waals surface area contributed by atoms with Crippen molar-refractivity contribution in [2.45, 2.75) is 120 Å². The Morgan fingerprint density at radius 1 is 0.800 bits per heavy atom. The number of alkyl carbamates (subject to hydrolysis) is 1. The molecule has 4 aliphatic rings. The first kappa shape index (κ1) is 66.3. The third kappa shape index (κ3) is 14.0. The molecule has 0 saturated carbocycles. The van der Waals surface area contributed by atoms with Crippen LogP contribution in [0.25, 0.3) is 33.2 Å². The molecule has 7 aromatic rings. The minimum absolute atomic E-state index is 0.0438. The number of aromatic amines is 1. The minimum Gasteiger partial charge on any atom is -0.493 e. The molecule has 7 heterocycles. The molecule has 1 unspecified atom stereocenters. The summed E-state index contributed by atoms with van der Waals surface area (Å²) in [4.78, 5) is 120. The fraction of sp³-hybridized carbons (Fsp3) is 0.406. The van der Waals surface area contributed by atoms with Crippen LogP contribution in [0.1, 0.15) is 110 Å². The molecule has 8 N–H and O–H groups in total. The molecule has 26 nitrogen and oxygen atoms in total. The number of carbonyl (C=O) groups is 7. The summed E-state index contributed by atoms with van der Waals surface area (Å²) in [5.74, 6) is -3.03. The molecule has 0 spiro atoms. The van der Waals surface area contributed by atoms with Crippen molar-refractivity contribution in [3.05, 3.63) is 146 Å². The second-order valence-electron chi connectivity index (χ2n) is 23.9. The maximum atomic E-state index is 14.1. The zero-order valence-corrected chi connectivity index (χ0v) is 53.0. The van der Waals surface area contributed by atoms with Gasteiger partial charge in [-0.3, -0.25) is 19.3 Å². The Kier molecular flexibility index (Phi) is 20.5. The number of amides is 5. The van der Waals surface area contributed by atoms with Gasteiger partial charge in [-0.25, -0.2) is 29.0 Å². The van der Waals surface area contributed by atoms with Gasteiger partial charge in [0.2, 0.25) is 23.2 Å². The fourth-order valence-corrected chi connectivity index (χ4v) is 13.2. The number of rotatable bonds is 29. The topological polar surface area (TPSA) is 341 Å². The van der Waals surface area contributed by atoms with E-state index in [4.69, 9.17) is 33.4 Å². The van der Waals surface area contributed by atoms with Crippen molar-refractivity contribution in [1.29, 1.82) is 0 Å². The van der Waals surface area contributed by atoms with Crippen LogP contribution in [0.15, 0.2) is 102 Å². The summed E-state index contributed by atoms with van der Waals surface area (Å²) in [5, 5.41) is 41.9. The molecule has 1 saturated heterocycles. The van der Waals surface area contributed by atoms with Gasteiger partial charge in [-0.05, 0) is 129 Å². The van der Waals surface area contributed by atoms with E-state index < -0.39 is 59.9 Å². The summed E-state index contributed by atoms with van der Waals surface area (Å²) in [7, 11) is 2.74. The number of esters is 1. The number of nitrogens with one attached hydrogen (secondary N) is 5. The summed E-state index contributed by atoms with van der Waals surface area (Å²) in [5.41, 5.74) is 5.84. The van der Waals surface area contributed by atoms with E-state index in [1.165, 1.54) is 14.2 Å². The van der Waals surface area contributed by atoms with E-state index in [0.29, 0.717) is 62.1 Å². The maximum absolute atomic E-state index is 14.1. The average Bonchev–Trinajstić information content (AvgIpc) is 1.68. The molecule has 95 heavy (non-hydrogen) atoms. The number of benzene rings is 4. The van der Waals surface area contributed by atoms with Gasteiger partial charge in [0.25, 0.3) is 5.56 Å². The fourth-order valence-electron chi connectivity index (χ4n) is 13.2. The molecule has 5 atom stereocenters. The third-order valence-corrected chi connectivity index (χ3v) is 18.0. The minimum atomic E-state index is -1.94.